The molecule has 1 fully saturated rings. The van der Waals surface area contributed by atoms with E-state index in [0.29, 0.717) is 38.3 Å². The van der Waals surface area contributed by atoms with Gasteiger partial charge in [-0.05, 0) is 54.3 Å². The molecule has 4 aromatic rings. The van der Waals surface area contributed by atoms with Crippen LogP contribution in [-0.4, -0.2) is 75.1 Å². The number of hydrogen-bond acceptors (Lipinski definition) is 8. The van der Waals surface area contributed by atoms with E-state index in [9.17, 15) is 9.59 Å². The molecule has 10 heteroatoms. The Morgan fingerprint density at radius 1 is 0.930 bits per heavy atom. The van der Waals surface area contributed by atoms with Crippen molar-refractivity contribution in [3.05, 3.63) is 72.2 Å². The monoisotopic (exact) mass is 579 g/mol. The molecule has 222 valence electrons. The Morgan fingerprint density at radius 3 is 2.51 bits per heavy atom. The molecule has 0 spiro atoms. The second-order valence-electron chi connectivity index (χ2n) is 11.2. The lowest BCUT2D eigenvalue weighted by Gasteiger charge is -2.36. The molecule has 0 aliphatic carbocycles. The molecule has 0 atom stereocenters. The van der Waals surface area contributed by atoms with Crippen LogP contribution in [0.1, 0.15) is 49.7 Å². The number of ketones is 1. The number of amides is 1. The summed E-state index contributed by atoms with van der Waals surface area (Å²) in [4.78, 5) is 42.0. The number of benzene rings is 2. The summed E-state index contributed by atoms with van der Waals surface area (Å²) < 4.78 is 1.99. The Kier molecular flexibility index (Phi) is 8.74. The highest BCUT2D eigenvalue weighted by atomic mass is 16.3. The minimum absolute atomic E-state index is 0.111. The molecular formula is C33H37N7O3. The number of imidazole rings is 1. The lowest BCUT2D eigenvalue weighted by Crippen LogP contribution is -2.48. The van der Waals surface area contributed by atoms with Crippen molar-refractivity contribution >= 4 is 40.7 Å². The van der Waals surface area contributed by atoms with Gasteiger partial charge in [0.25, 0.3) is 0 Å². The maximum absolute atomic E-state index is 12.7. The highest BCUT2D eigenvalue weighted by molar-refractivity contribution is 5.86. The van der Waals surface area contributed by atoms with E-state index in [1.165, 1.54) is 5.56 Å². The van der Waals surface area contributed by atoms with Gasteiger partial charge in [-0.1, -0.05) is 25.0 Å². The Morgan fingerprint density at radius 2 is 1.72 bits per heavy atom. The highest BCUT2D eigenvalue weighted by Crippen LogP contribution is 2.28. The molecule has 0 unspecified atom stereocenters. The van der Waals surface area contributed by atoms with E-state index < -0.39 is 0 Å². The van der Waals surface area contributed by atoms with Gasteiger partial charge in [-0.3, -0.25) is 14.6 Å². The van der Waals surface area contributed by atoms with Gasteiger partial charge in [-0.25, -0.2) is 9.97 Å². The maximum Gasteiger partial charge on any atom is 0.222 e. The number of aliphatic hydroxyl groups excluding tert-OH is 1. The van der Waals surface area contributed by atoms with Crippen molar-refractivity contribution < 1.29 is 14.7 Å². The number of rotatable bonds is 12. The molecule has 6 rings (SSSR count). The molecule has 2 aromatic heterocycles. The molecule has 2 aromatic carbocycles. The van der Waals surface area contributed by atoms with Crippen LogP contribution in [0.15, 0.2) is 66.0 Å². The van der Waals surface area contributed by atoms with E-state index >= 15 is 0 Å². The molecule has 0 saturated carbocycles. The summed E-state index contributed by atoms with van der Waals surface area (Å²) >= 11 is 0. The number of carbonyl (C=O) groups is 2. The van der Waals surface area contributed by atoms with Crippen LogP contribution in [0.25, 0.3) is 16.9 Å². The summed E-state index contributed by atoms with van der Waals surface area (Å²) in [6.07, 6.45) is 12.1. The first-order valence-corrected chi connectivity index (χ1v) is 15.1. The van der Waals surface area contributed by atoms with E-state index in [1.807, 2.05) is 27.9 Å². The summed E-state index contributed by atoms with van der Waals surface area (Å²) in [5.74, 6) is 0.789. The Labute approximate surface area is 251 Å². The number of fused-ring (bicyclic) bond motifs is 2. The molecule has 4 heterocycles. The number of aliphatic hydroxyl groups is 1. The van der Waals surface area contributed by atoms with Crippen molar-refractivity contribution in [2.75, 3.05) is 43.0 Å². The number of hydrogen-bond donors (Lipinski definition) is 2. The van der Waals surface area contributed by atoms with Crippen molar-refractivity contribution in [2.45, 2.75) is 45.1 Å². The van der Waals surface area contributed by atoms with Gasteiger partial charge in [0, 0.05) is 80.8 Å². The SMILES string of the molecule is O=C(CO)CCCCCCC(=O)N1CCN(c2ccc(Nc3nc(-c4ccc5c(c4)CN=C5)cn4ccnc34)cc2)CC1. The third-order valence-corrected chi connectivity index (χ3v) is 8.21. The van der Waals surface area contributed by atoms with Gasteiger partial charge in [0.05, 0.1) is 12.2 Å². The molecular weight excluding hydrogens is 542 g/mol. The van der Waals surface area contributed by atoms with E-state index in [0.717, 1.165) is 72.6 Å². The molecule has 1 amide bonds. The lowest BCUT2D eigenvalue weighted by atomic mass is 10.0. The largest absolute Gasteiger partial charge is 0.389 e. The van der Waals surface area contributed by atoms with Crippen LogP contribution in [-0.2, 0) is 16.1 Å². The fourth-order valence-corrected chi connectivity index (χ4v) is 5.72. The van der Waals surface area contributed by atoms with Gasteiger partial charge >= 0.3 is 0 Å². The first-order chi connectivity index (χ1) is 21.1. The number of unbranched alkanes of at least 4 members (excludes halogenated alkanes) is 3. The smallest absolute Gasteiger partial charge is 0.222 e. The maximum atomic E-state index is 12.7. The second-order valence-corrected chi connectivity index (χ2v) is 11.2. The van der Waals surface area contributed by atoms with Crippen LogP contribution in [0.2, 0.25) is 0 Å². The average molecular weight is 580 g/mol. The number of piperazine rings is 1. The van der Waals surface area contributed by atoms with E-state index in [-0.39, 0.29) is 18.3 Å². The number of nitrogens with zero attached hydrogens (tertiary/aromatic N) is 6. The van der Waals surface area contributed by atoms with Crippen LogP contribution in [0.3, 0.4) is 0 Å². The predicted octanol–water partition coefficient (Wildman–Crippen LogP) is 4.62. The van der Waals surface area contributed by atoms with Crippen molar-refractivity contribution in [2.24, 2.45) is 4.99 Å². The average Bonchev–Trinajstić information content (AvgIpc) is 3.72. The number of Topliss-reactive ketones (excluding diaryl/α,β-unsaturated/α-hetero) is 1. The first kappa shape index (κ1) is 28.5. The van der Waals surface area contributed by atoms with E-state index in [2.05, 4.69) is 62.7 Å². The summed E-state index contributed by atoms with van der Waals surface area (Å²) in [5.41, 5.74) is 7.09. The van der Waals surface area contributed by atoms with E-state index in [1.54, 1.807) is 6.20 Å². The molecule has 1 saturated heterocycles. The summed E-state index contributed by atoms with van der Waals surface area (Å²) in [6.45, 7) is 3.36. The summed E-state index contributed by atoms with van der Waals surface area (Å²) in [7, 11) is 0. The van der Waals surface area contributed by atoms with Crippen molar-refractivity contribution in [1.29, 1.82) is 0 Å². The quantitative estimate of drug-likeness (QED) is 0.235. The number of aliphatic imine (C=N–C) groups is 1. The molecule has 43 heavy (non-hydrogen) atoms. The molecule has 10 nitrogen and oxygen atoms in total. The van der Waals surface area contributed by atoms with Crippen LogP contribution in [0.4, 0.5) is 17.2 Å². The zero-order valence-electron chi connectivity index (χ0n) is 24.3. The third kappa shape index (κ3) is 6.75. The summed E-state index contributed by atoms with van der Waals surface area (Å²) in [5, 5.41) is 12.3. The van der Waals surface area contributed by atoms with Crippen molar-refractivity contribution in [1.82, 2.24) is 19.3 Å². The summed E-state index contributed by atoms with van der Waals surface area (Å²) in [6, 6.07) is 14.7. The molecule has 2 N–H and O–H groups in total. The topological polar surface area (TPSA) is 115 Å². The number of anilines is 3. The number of nitrogens with one attached hydrogen (secondary N) is 1. The lowest BCUT2D eigenvalue weighted by molar-refractivity contribution is -0.131. The molecule has 2 aliphatic heterocycles. The van der Waals surface area contributed by atoms with Crippen molar-refractivity contribution in [3.8, 4) is 11.3 Å². The number of aromatic nitrogens is 3. The van der Waals surface area contributed by atoms with Crippen LogP contribution >= 0.6 is 0 Å². The predicted molar refractivity (Wildman–Crippen MR) is 168 cm³/mol. The Bertz CT molecular complexity index is 1620. The Hall–Kier alpha value is -4.57. The molecule has 0 radical (unpaired) electrons. The van der Waals surface area contributed by atoms with Gasteiger partial charge in [-0.15, -0.1) is 0 Å². The van der Waals surface area contributed by atoms with E-state index in [4.69, 9.17) is 10.1 Å². The zero-order valence-corrected chi connectivity index (χ0v) is 24.3. The van der Waals surface area contributed by atoms with Gasteiger partial charge < -0.3 is 24.6 Å². The van der Waals surface area contributed by atoms with Crippen LogP contribution < -0.4 is 10.2 Å². The first-order valence-electron chi connectivity index (χ1n) is 15.1. The van der Waals surface area contributed by atoms with Gasteiger partial charge in [-0.2, -0.15) is 0 Å². The zero-order chi connectivity index (χ0) is 29.6. The Balaban J connectivity index is 1.03. The minimum atomic E-state index is -0.375. The second kappa shape index (κ2) is 13.2. The minimum Gasteiger partial charge on any atom is -0.389 e. The number of carbonyl (C=O) groups excluding carboxylic acids is 2. The highest BCUT2D eigenvalue weighted by Gasteiger charge is 2.21. The third-order valence-electron chi connectivity index (χ3n) is 8.21. The van der Waals surface area contributed by atoms with Gasteiger partial charge in [0.15, 0.2) is 17.2 Å². The van der Waals surface area contributed by atoms with Crippen molar-refractivity contribution in [3.63, 3.8) is 0 Å². The molecule has 0 bridgehead atoms. The fourth-order valence-electron chi connectivity index (χ4n) is 5.72. The van der Waals surface area contributed by atoms with Crippen LogP contribution in [0.5, 0.6) is 0 Å². The fraction of sp³-hybridized carbons (Fsp3) is 0.364. The normalized spacial score (nSPS) is 14.3. The molecule has 2 aliphatic rings. The van der Waals surface area contributed by atoms with Crippen LogP contribution in [0, 0.1) is 0 Å². The van der Waals surface area contributed by atoms with Gasteiger partial charge in [0.2, 0.25) is 5.91 Å². The van der Waals surface area contributed by atoms with Gasteiger partial charge in [0.1, 0.15) is 6.61 Å². The standard InChI is InChI=1S/C33H37N7O3/c41-23-29(42)5-3-1-2-4-6-31(43)39-17-15-38(16-18-39)28-11-9-27(10-12-28)36-32-33-35-13-14-40(33)22-30(37-32)24-7-8-25-20-34-21-26(25)19-24/h7-14,19-20,22,41H,1-6,15-18,21,23H2,(H,36,37).